The summed E-state index contributed by atoms with van der Waals surface area (Å²) >= 11 is 12.0. The number of pyridine rings is 1. The highest BCUT2D eigenvalue weighted by Crippen LogP contribution is 2.42. The topological polar surface area (TPSA) is 62.5 Å². The molecule has 1 fully saturated rings. The van der Waals surface area contributed by atoms with Gasteiger partial charge in [-0.3, -0.25) is 4.98 Å². The lowest BCUT2D eigenvalue weighted by atomic mass is 9.96. The maximum atomic E-state index is 10.5. The van der Waals surface area contributed by atoms with E-state index >= 15 is 0 Å². The Hall–Kier alpha value is -2.61. The number of hydrogen-bond acceptors (Lipinski definition) is 4. The SMILES string of the molecule is COCCCN1C(=S)N[C@H](c2ccccn2)[C@H]1c1cc(C)n(-c2cc(Cl)ccc2O)c1C. The highest BCUT2D eigenvalue weighted by molar-refractivity contribution is 7.80. The fourth-order valence-electron chi connectivity index (χ4n) is 4.50. The molecule has 0 amide bonds. The van der Waals surface area contributed by atoms with Gasteiger partial charge in [0, 0.05) is 42.9 Å². The molecular formula is C24H27ClN4O2S. The first-order valence-electron chi connectivity index (χ1n) is 10.6. The Kier molecular flexibility index (Phi) is 6.69. The second-order valence-electron chi connectivity index (χ2n) is 7.96. The molecule has 0 bridgehead atoms. The number of ether oxygens (including phenoxy) is 1. The molecule has 0 spiro atoms. The van der Waals surface area contributed by atoms with E-state index in [1.54, 1.807) is 31.5 Å². The normalized spacial score (nSPS) is 18.2. The summed E-state index contributed by atoms with van der Waals surface area (Å²) in [7, 11) is 1.71. The van der Waals surface area contributed by atoms with Crippen LogP contribution in [-0.4, -0.2) is 44.9 Å². The van der Waals surface area contributed by atoms with Gasteiger partial charge in [0.25, 0.3) is 0 Å². The van der Waals surface area contributed by atoms with E-state index in [9.17, 15) is 5.11 Å². The van der Waals surface area contributed by atoms with Crippen LogP contribution in [0.2, 0.25) is 5.02 Å². The average molecular weight is 471 g/mol. The van der Waals surface area contributed by atoms with E-state index in [4.69, 9.17) is 28.6 Å². The van der Waals surface area contributed by atoms with Crippen LogP contribution >= 0.6 is 23.8 Å². The van der Waals surface area contributed by atoms with E-state index in [1.165, 1.54) is 0 Å². The Balaban J connectivity index is 1.81. The predicted molar refractivity (Wildman–Crippen MR) is 131 cm³/mol. The van der Waals surface area contributed by atoms with Crippen molar-refractivity contribution in [2.45, 2.75) is 32.4 Å². The molecule has 0 aliphatic carbocycles. The lowest BCUT2D eigenvalue weighted by molar-refractivity contribution is 0.180. The molecule has 1 aliphatic rings. The van der Waals surface area contributed by atoms with Crippen molar-refractivity contribution >= 4 is 28.9 Å². The van der Waals surface area contributed by atoms with Crippen molar-refractivity contribution in [2.75, 3.05) is 20.3 Å². The third-order valence-corrected chi connectivity index (χ3v) is 6.50. The summed E-state index contributed by atoms with van der Waals surface area (Å²) in [6.07, 6.45) is 2.66. The summed E-state index contributed by atoms with van der Waals surface area (Å²) in [5.41, 5.74) is 4.75. The van der Waals surface area contributed by atoms with Gasteiger partial charge in [-0.25, -0.2) is 0 Å². The van der Waals surface area contributed by atoms with Crippen molar-refractivity contribution in [3.05, 3.63) is 76.3 Å². The van der Waals surface area contributed by atoms with Crippen LogP contribution < -0.4 is 5.32 Å². The molecule has 2 N–H and O–H groups in total. The number of benzene rings is 1. The first-order chi connectivity index (χ1) is 15.4. The zero-order valence-electron chi connectivity index (χ0n) is 18.4. The number of aryl methyl sites for hydroxylation is 1. The minimum Gasteiger partial charge on any atom is -0.506 e. The summed E-state index contributed by atoms with van der Waals surface area (Å²) in [5, 5.41) is 15.3. The largest absolute Gasteiger partial charge is 0.506 e. The van der Waals surface area contributed by atoms with Crippen molar-refractivity contribution in [1.82, 2.24) is 19.8 Å². The van der Waals surface area contributed by atoms with E-state index in [-0.39, 0.29) is 17.8 Å². The van der Waals surface area contributed by atoms with E-state index in [0.29, 0.717) is 22.4 Å². The van der Waals surface area contributed by atoms with E-state index in [2.05, 4.69) is 28.2 Å². The molecule has 0 radical (unpaired) electrons. The number of thiocarbonyl (C=S) groups is 1. The van der Waals surface area contributed by atoms with Crippen LogP contribution in [0.4, 0.5) is 0 Å². The summed E-state index contributed by atoms with van der Waals surface area (Å²) < 4.78 is 7.31. The number of nitrogens with zero attached hydrogens (tertiary/aromatic N) is 3. The van der Waals surface area contributed by atoms with Crippen LogP contribution in [0.1, 0.15) is 41.1 Å². The molecule has 0 saturated carbocycles. The molecule has 8 heteroatoms. The minimum atomic E-state index is -0.0897. The van der Waals surface area contributed by atoms with Crippen LogP contribution in [0, 0.1) is 13.8 Å². The molecule has 1 aliphatic heterocycles. The number of methoxy groups -OCH3 is 1. The number of aromatic hydroxyl groups is 1. The Morgan fingerprint density at radius 2 is 2.03 bits per heavy atom. The Bertz CT molecular complexity index is 1120. The highest BCUT2D eigenvalue weighted by atomic mass is 35.5. The molecule has 3 heterocycles. The monoisotopic (exact) mass is 470 g/mol. The van der Waals surface area contributed by atoms with Crippen molar-refractivity contribution < 1.29 is 9.84 Å². The van der Waals surface area contributed by atoms with Crippen molar-refractivity contribution in [3.8, 4) is 11.4 Å². The summed E-state index contributed by atoms with van der Waals surface area (Å²) in [6, 6.07) is 13.0. The van der Waals surface area contributed by atoms with Crippen LogP contribution in [0.25, 0.3) is 5.69 Å². The fourth-order valence-corrected chi connectivity index (χ4v) is 5.00. The van der Waals surface area contributed by atoms with Crippen molar-refractivity contribution in [2.24, 2.45) is 0 Å². The van der Waals surface area contributed by atoms with Crippen LogP contribution in [-0.2, 0) is 4.74 Å². The molecule has 3 aromatic rings. The minimum absolute atomic E-state index is 0.0458. The molecule has 32 heavy (non-hydrogen) atoms. The summed E-state index contributed by atoms with van der Waals surface area (Å²) in [4.78, 5) is 6.83. The van der Waals surface area contributed by atoms with Crippen LogP contribution in [0.15, 0.2) is 48.7 Å². The lowest BCUT2D eigenvalue weighted by Crippen LogP contribution is -2.31. The Morgan fingerprint density at radius 1 is 1.22 bits per heavy atom. The van der Waals surface area contributed by atoms with Gasteiger partial charge in [-0.1, -0.05) is 17.7 Å². The van der Waals surface area contributed by atoms with Crippen LogP contribution in [0.5, 0.6) is 5.75 Å². The van der Waals surface area contributed by atoms with Gasteiger partial charge in [0.15, 0.2) is 5.11 Å². The number of aromatic nitrogens is 2. The molecular weight excluding hydrogens is 444 g/mol. The fraction of sp³-hybridized carbons (Fsp3) is 0.333. The summed E-state index contributed by atoms with van der Waals surface area (Å²) in [6.45, 7) is 5.52. The predicted octanol–water partition coefficient (Wildman–Crippen LogP) is 4.86. The second-order valence-corrected chi connectivity index (χ2v) is 8.78. The maximum Gasteiger partial charge on any atom is 0.170 e. The average Bonchev–Trinajstić information content (AvgIpc) is 3.26. The van der Waals surface area contributed by atoms with Crippen molar-refractivity contribution in [3.63, 3.8) is 0 Å². The van der Waals surface area contributed by atoms with Crippen LogP contribution in [0.3, 0.4) is 0 Å². The molecule has 1 aromatic carbocycles. The zero-order chi connectivity index (χ0) is 22.8. The zero-order valence-corrected chi connectivity index (χ0v) is 20.0. The Labute approximate surface area is 198 Å². The van der Waals surface area contributed by atoms with Gasteiger partial charge in [0.2, 0.25) is 0 Å². The highest BCUT2D eigenvalue weighted by Gasteiger charge is 2.41. The third kappa shape index (κ3) is 4.20. The molecule has 6 nitrogen and oxygen atoms in total. The standard InChI is InChI=1S/C24H27ClN4O2S/c1-15-13-18(16(2)29(15)20-14-17(25)8-9-21(20)30)23-22(19-7-4-5-10-26-19)27-24(32)28(23)11-6-12-31-3/h4-5,7-10,13-14,22-23,30H,6,11-12H2,1-3H3,(H,27,32)/t22-,23-/m1/s1. The van der Waals surface area contributed by atoms with Crippen molar-refractivity contribution in [1.29, 1.82) is 0 Å². The molecule has 1 saturated heterocycles. The Morgan fingerprint density at radius 3 is 2.75 bits per heavy atom. The van der Waals surface area contributed by atoms with Gasteiger partial charge in [0.05, 0.1) is 23.5 Å². The molecule has 2 aromatic heterocycles. The summed E-state index contributed by atoms with van der Waals surface area (Å²) in [5.74, 6) is 0.182. The second kappa shape index (κ2) is 9.48. The smallest absolute Gasteiger partial charge is 0.170 e. The number of rotatable bonds is 7. The van der Waals surface area contributed by atoms with Gasteiger partial charge < -0.3 is 24.6 Å². The molecule has 2 atom stereocenters. The van der Waals surface area contributed by atoms with E-state index in [0.717, 1.165) is 35.6 Å². The molecule has 0 unspecified atom stereocenters. The van der Waals surface area contributed by atoms with E-state index in [1.807, 2.05) is 29.7 Å². The van der Waals surface area contributed by atoms with Gasteiger partial charge in [-0.15, -0.1) is 0 Å². The molecule has 168 valence electrons. The van der Waals surface area contributed by atoms with Gasteiger partial charge >= 0.3 is 0 Å². The van der Waals surface area contributed by atoms with Gasteiger partial charge in [-0.2, -0.15) is 0 Å². The number of nitrogens with one attached hydrogen (secondary N) is 1. The number of hydrogen-bond donors (Lipinski definition) is 2. The lowest BCUT2D eigenvalue weighted by Gasteiger charge is -2.28. The molecule has 4 rings (SSSR count). The number of halogens is 1. The van der Waals surface area contributed by atoms with Gasteiger partial charge in [-0.05, 0) is 74.4 Å². The van der Waals surface area contributed by atoms with Gasteiger partial charge in [0.1, 0.15) is 5.75 Å². The quantitative estimate of drug-likeness (QED) is 0.380. The third-order valence-electron chi connectivity index (χ3n) is 5.91. The van der Waals surface area contributed by atoms with E-state index < -0.39 is 0 Å². The number of phenolic OH excluding ortho intramolecular Hbond substituents is 1. The first-order valence-corrected chi connectivity index (χ1v) is 11.4. The maximum absolute atomic E-state index is 10.5. The first kappa shape index (κ1) is 22.6. The number of phenols is 1.